The minimum atomic E-state index is -4.33. The van der Waals surface area contributed by atoms with Gasteiger partial charge in [-0.25, -0.2) is 4.79 Å². The van der Waals surface area contributed by atoms with Crippen LogP contribution < -0.4 is 16.4 Å². The van der Waals surface area contributed by atoms with E-state index in [1.54, 1.807) is 6.07 Å². The van der Waals surface area contributed by atoms with Crippen LogP contribution in [0.15, 0.2) is 42.5 Å². The van der Waals surface area contributed by atoms with Gasteiger partial charge in [-0.1, -0.05) is 42.5 Å². The van der Waals surface area contributed by atoms with Crippen molar-refractivity contribution in [2.75, 3.05) is 31.4 Å². The van der Waals surface area contributed by atoms with Gasteiger partial charge in [0.15, 0.2) is 0 Å². The number of thioether (sulfide) groups is 1. The third-order valence-corrected chi connectivity index (χ3v) is 9.05. The van der Waals surface area contributed by atoms with E-state index in [4.69, 9.17) is 15.5 Å². The molecule has 1 saturated heterocycles. The Morgan fingerprint density at radius 1 is 1.15 bits per heavy atom. The molecule has 212 valence electrons. The van der Waals surface area contributed by atoms with Gasteiger partial charge < -0.3 is 35.8 Å². The molecule has 2 aromatic rings. The largest absolute Gasteiger partial charge is 0.453 e. The van der Waals surface area contributed by atoms with Crippen molar-refractivity contribution in [1.29, 1.82) is 0 Å². The molecule has 3 unspecified atom stereocenters. The smallest absolute Gasteiger partial charge is 0.407 e. The van der Waals surface area contributed by atoms with Gasteiger partial charge in [0.2, 0.25) is 17.7 Å². The summed E-state index contributed by atoms with van der Waals surface area (Å²) in [7, 11) is -3.20. The number of hydrogen-bond acceptors (Lipinski definition) is 7. The lowest BCUT2D eigenvalue weighted by Crippen LogP contribution is -2.58. The molecule has 39 heavy (non-hydrogen) atoms. The summed E-state index contributed by atoms with van der Waals surface area (Å²) in [6, 6.07) is 11.2. The van der Waals surface area contributed by atoms with Crippen molar-refractivity contribution in [2.24, 2.45) is 5.73 Å². The van der Waals surface area contributed by atoms with E-state index in [0.717, 1.165) is 29.6 Å². The van der Waals surface area contributed by atoms with Crippen molar-refractivity contribution in [2.45, 2.75) is 37.3 Å². The quantitative estimate of drug-likeness (QED) is 0.245. The minimum Gasteiger partial charge on any atom is -0.453 e. The Morgan fingerprint density at radius 3 is 2.54 bits per heavy atom. The number of amides is 4. The van der Waals surface area contributed by atoms with E-state index in [9.17, 15) is 23.7 Å². The first kappa shape index (κ1) is 30.4. The van der Waals surface area contributed by atoms with Gasteiger partial charge in [0.1, 0.15) is 12.1 Å². The molecule has 1 aliphatic heterocycles. The van der Waals surface area contributed by atoms with Gasteiger partial charge in [0.25, 0.3) is 0 Å². The number of benzene rings is 2. The summed E-state index contributed by atoms with van der Waals surface area (Å²) in [4.78, 5) is 70.4. The van der Waals surface area contributed by atoms with Gasteiger partial charge in [-0.3, -0.25) is 18.9 Å². The Balaban J connectivity index is 1.72. The molecule has 0 aliphatic carbocycles. The second kappa shape index (κ2) is 13.8. The van der Waals surface area contributed by atoms with Crippen LogP contribution in [0.1, 0.15) is 30.7 Å². The molecule has 1 fully saturated rings. The van der Waals surface area contributed by atoms with Gasteiger partial charge in [-0.2, -0.15) is 0 Å². The van der Waals surface area contributed by atoms with E-state index < -0.39 is 54.9 Å². The monoisotopic (exact) mass is 580 g/mol. The zero-order chi connectivity index (χ0) is 28.6. The Bertz CT molecular complexity index is 1260. The van der Waals surface area contributed by atoms with Crippen LogP contribution in [-0.2, 0) is 23.7 Å². The van der Waals surface area contributed by atoms with Crippen molar-refractivity contribution in [1.82, 2.24) is 15.5 Å². The van der Waals surface area contributed by atoms with Crippen LogP contribution in [0.4, 0.5) is 4.79 Å². The van der Waals surface area contributed by atoms with Crippen LogP contribution >= 0.6 is 19.4 Å². The Labute approximate surface area is 230 Å². The van der Waals surface area contributed by atoms with Crippen LogP contribution in [0.5, 0.6) is 0 Å². The summed E-state index contributed by atoms with van der Waals surface area (Å²) in [5.41, 5.74) is 5.78. The van der Waals surface area contributed by atoms with E-state index in [-0.39, 0.29) is 18.8 Å². The predicted octanol–water partition coefficient (Wildman–Crippen LogP) is 1.50. The number of likely N-dealkylation sites (tertiary alicyclic amines) is 1. The number of nitrogens with zero attached hydrogens (tertiary/aromatic N) is 1. The van der Waals surface area contributed by atoms with Crippen LogP contribution in [0.3, 0.4) is 0 Å². The first-order valence-corrected chi connectivity index (χ1v) is 15.3. The molecule has 2 aromatic carbocycles. The molecule has 3 atom stereocenters. The number of methoxy groups -OCH3 is 1. The second-order valence-electron chi connectivity index (χ2n) is 9.20. The lowest BCUT2D eigenvalue weighted by atomic mass is 9.95. The number of nitrogens with two attached hydrogens (primary N) is 1. The van der Waals surface area contributed by atoms with Crippen LogP contribution in [-0.4, -0.2) is 82.0 Å². The van der Waals surface area contributed by atoms with Crippen molar-refractivity contribution in [3.8, 4) is 0 Å². The summed E-state index contributed by atoms with van der Waals surface area (Å²) >= 11 is 0.806. The summed E-state index contributed by atoms with van der Waals surface area (Å²) in [5, 5.41) is 7.08. The maximum atomic E-state index is 13.4. The van der Waals surface area contributed by atoms with Crippen LogP contribution in [0.25, 0.3) is 10.8 Å². The molecule has 0 radical (unpaired) electrons. The first-order chi connectivity index (χ1) is 18.5. The zero-order valence-electron chi connectivity index (χ0n) is 21.4. The summed E-state index contributed by atoms with van der Waals surface area (Å²) in [6.07, 6.45) is 0.808. The average molecular weight is 581 g/mol. The Morgan fingerprint density at radius 2 is 1.87 bits per heavy atom. The van der Waals surface area contributed by atoms with E-state index in [1.165, 1.54) is 4.90 Å². The fourth-order valence-corrected chi connectivity index (χ4v) is 6.30. The molecule has 6 N–H and O–H groups in total. The standard InChI is InChI=1S/C25H33N4O8PS/c1-37-25(33)28-20(14-39-15-38(34,35)36)24(32)29-11-5-4-8-21(29)23(31)27-13-19(22(26)30)18-10-9-16-6-2-3-7-17(16)12-18/h2-3,6-7,9-10,12,19-21H,4-5,8,11,13-15H2,1H3,(H2,26,30)(H,27,31)(H,28,33)(H2,34,35,36). The third-order valence-electron chi connectivity index (χ3n) is 6.41. The molecule has 1 heterocycles. The molecule has 0 saturated carbocycles. The summed E-state index contributed by atoms with van der Waals surface area (Å²) < 4.78 is 15.8. The maximum Gasteiger partial charge on any atom is 0.407 e. The number of carbonyl (C=O) groups is 4. The number of alkyl carbamates (subject to hydrolysis) is 1. The minimum absolute atomic E-state index is 0.0625. The van der Waals surface area contributed by atoms with E-state index in [2.05, 4.69) is 15.4 Å². The van der Waals surface area contributed by atoms with Gasteiger partial charge in [-0.05, 0) is 35.6 Å². The first-order valence-electron chi connectivity index (χ1n) is 12.3. The normalized spacial score (nSPS) is 17.2. The molecule has 12 nitrogen and oxygen atoms in total. The number of nitrogens with one attached hydrogen (secondary N) is 2. The highest BCUT2D eigenvalue weighted by Gasteiger charge is 2.37. The molecule has 4 amide bonds. The SMILES string of the molecule is COC(=O)NC(CSCP(=O)(O)O)C(=O)N1CCCCC1C(=O)NCC(C(N)=O)c1ccc2ccccc2c1. The van der Waals surface area contributed by atoms with E-state index in [1.807, 2.05) is 36.4 Å². The Kier molecular flexibility index (Phi) is 10.8. The number of carbonyl (C=O) groups excluding carboxylic acids is 4. The number of fused-ring (bicyclic) bond motifs is 1. The highest BCUT2D eigenvalue weighted by Crippen LogP contribution is 2.38. The van der Waals surface area contributed by atoms with Crippen molar-refractivity contribution in [3.05, 3.63) is 48.0 Å². The lowest BCUT2D eigenvalue weighted by molar-refractivity contribution is -0.143. The second-order valence-corrected chi connectivity index (χ2v) is 12.3. The number of primary amides is 1. The number of rotatable bonds is 11. The molecule has 14 heteroatoms. The number of hydrogen-bond donors (Lipinski definition) is 5. The molecule has 0 bridgehead atoms. The molecular weight excluding hydrogens is 547 g/mol. The average Bonchev–Trinajstić information content (AvgIpc) is 2.91. The highest BCUT2D eigenvalue weighted by atomic mass is 32.2. The summed E-state index contributed by atoms with van der Waals surface area (Å²) in [5.74, 6) is -2.56. The summed E-state index contributed by atoms with van der Waals surface area (Å²) in [6.45, 7) is 0.191. The number of piperidine rings is 1. The fourth-order valence-electron chi connectivity index (χ4n) is 4.46. The predicted molar refractivity (Wildman–Crippen MR) is 147 cm³/mol. The maximum absolute atomic E-state index is 13.4. The van der Waals surface area contributed by atoms with E-state index in [0.29, 0.717) is 24.8 Å². The topological polar surface area (TPSA) is 188 Å². The van der Waals surface area contributed by atoms with Crippen molar-refractivity contribution < 1.29 is 38.3 Å². The molecular formula is C25H33N4O8PS. The number of ether oxygens (including phenoxy) is 1. The van der Waals surface area contributed by atoms with Crippen LogP contribution in [0, 0.1) is 0 Å². The van der Waals surface area contributed by atoms with Crippen molar-refractivity contribution in [3.63, 3.8) is 0 Å². The molecule has 3 rings (SSSR count). The molecule has 1 aliphatic rings. The Hall–Kier alpha value is -3.12. The third kappa shape index (κ3) is 8.69. The van der Waals surface area contributed by atoms with Gasteiger partial charge in [0, 0.05) is 18.8 Å². The van der Waals surface area contributed by atoms with Gasteiger partial charge >= 0.3 is 13.7 Å². The highest BCUT2D eigenvalue weighted by molar-refractivity contribution is 8.04. The zero-order valence-corrected chi connectivity index (χ0v) is 23.2. The van der Waals surface area contributed by atoms with E-state index >= 15 is 0 Å². The van der Waals surface area contributed by atoms with Gasteiger partial charge in [-0.15, -0.1) is 11.8 Å². The fraction of sp³-hybridized carbons (Fsp3) is 0.440. The van der Waals surface area contributed by atoms with Crippen molar-refractivity contribution >= 4 is 53.9 Å². The van der Waals surface area contributed by atoms with Gasteiger partial charge in [0.05, 0.1) is 18.5 Å². The molecule has 0 spiro atoms. The van der Waals surface area contributed by atoms with Crippen LogP contribution in [0.2, 0.25) is 0 Å². The lowest BCUT2D eigenvalue weighted by Gasteiger charge is -2.37. The molecule has 0 aromatic heterocycles.